The zero-order chi connectivity index (χ0) is 17.8. The number of rotatable bonds is 5. The largest absolute Gasteiger partial charge is 0.380 e. The molecule has 0 spiro atoms. The van der Waals surface area contributed by atoms with Gasteiger partial charge in [0.1, 0.15) is 0 Å². The van der Waals surface area contributed by atoms with Crippen molar-refractivity contribution in [3.05, 3.63) is 59.1 Å². The molecule has 1 saturated heterocycles. The van der Waals surface area contributed by atoms with E-state index in [1.165, 1.54) is 0 Å². The maximum absolute atomic E-state index is 12.5. The number of halogens is 1. The van der Waals surface area contributed by atoms with Crippen LogP contribution in [0.5, 0.6) is 0 Å². The normalized spacial score (nSPS) is 17.0. The van der Waals surface area contributed by atoms with Crippen LogP contribution in [0.4, 0.5) is 11.4 Å². The standard InChI is InChI=1S/C19H19ClN2O3/c1-25-12-13-3-2-4-16(9-13)21-19(24)14-10-18(23)22(11-14)17-7-5-15(20)6-8-17/h2-9,14H,10-12H2,1H3,(H,21,24). The second-order valence-corrected chi connectivity index (χ2v) is 6.44. The third-order valence-corrected chi connectivity index (χ3v) is 4.39. The predicted molar refractivity (Wildman–Crippen MR) is 97.7 cm³/mol. The zero-order valence-corrected chi connectivity index (χ0v) is 14.6. The van der Waals surface area contributed by atoms with E-state index in [2.05, 4.69) is 5.32 Å². The van der Waals surface area contributed by atoms with Crippen LogP contribution in [0.25, 0.3) is 0 Å². The smallest absolute Gasteiger partial charge is 0.229 e. The van der Waals surface area contributed by atoms with Crippen LogP contribution >= 0.6 is 11.6 Å². The van der Waals surface area contributed by atoms with Crippen LogP contribution in [-0.2, 0) is 20.9 Å². The Balaban J connectivity index is 1.66. The van der Waals surface area contributed by atoms with Crippen molar-refractivity contribution in [3.63, 3.8) is 0 Å². The number of anilines is 2. The van der Waals surface area contributed by atoms with Gasteiger partial charge in [-0.25, -0.2) is 0 Å². The van der Waals surface area contributed by atoms with E-state index < -0.39 is 0 Å². The highest BCUT2D eigenvalue weighted by molar-refractivity contribution is 6.30. The summed E-state index contributed by atoms with van der Waals surface area (Å²) in [5, 5.41) is 3.50. The van der Waals surface area contributed by atoms with Crippen molar-refractivity contribution in [2.75, 3.05) is 23.9 Å². The van der Waals surface area contributed by atoms with Gasteiger partial charge in [-0.1, -0.05) is 23.7 Å². The summed E-state index contributed by atoms with van der Waals surface area (Å²) in [4.78, 5) is 26.4. The van der Waals surface area contributed by atoms with Gasteiger partial charge in [-0.3, -0.25) is 9.59 Å². The van der Waals surface area contributed by atoms with Crippen LogP contribution < -0.4 is 10.2 Å². The van der Waals surface area contributed by atoms with E-state index in [0.29, 0.717) is 23.9 Å². The van der Waals surface area contributed by atoms with Gasteiger partial charge in [0.15, 0.2) is 0 Å². The van der Waals surface area contributed by atoms with E-state index in [4.69, 9.17) is 16.3 Å². The van der Waals surface area contributed by atoms with Gasteiger partial charge in [-0.2, -0.15) is 0 Å². The monoisotopic (exact) mass is 358 g/mol. The first-order valence-corrected chi connectivity index (χ1v) is 8.39. The first-order valence-electron chi connectivity index (χ1n) is 8.01. The van der Waals surface area contributed by atoms with Crippen molar-refractivity contribution in [2.45, 2.75) is 13.0 Å². The Morgan fingerprint density at radius 3 is 2.76 bits per heavy atom. The summed E-state index contributed by atoms with van der Waals surface area (Å²) in [7, 11) is 1.63. The summed E-state index contributed by atoms with van der Waals surface area (Å²) >= 11 is 5.88. The second-order valence-electron chi connectivity index (χ2n) is 6.00. The van der Waals surface area contributed by atoms with Crippen molar-refractivity contribution in [3.8, 4) is 0 Å². The number of hydrogen-bond donors (Lipinski definition) is 1. The molecule has 3 rings (SSSR count). The second kappa shape index (κ2) is 7.68. The Bertz CT molecular complexity index is 776. The topological polar surface area (TPSA) is 58.6 Å². The van der Waals surface area contributed by atoms with Crippen LogP contribution in [0.1, 0.15) is 12.0 Å². The molecule has 0 radical (unpaired) electrons. The van der Waals surface area contributed by atoms with Gasteiger partial charge in [-0.05, 0) is 42.0 Å². The highest BCUT2D eigenvalue weighted by Crippen LogP contribution is 2.27. The fourth-order valence-corrected chi connectivity index (χ4v) is 3.03. The summed E-state index contributed by atoms with van der Waals surface area (Å²) in [6.45, 7) is 0.847. The minimum absolute atomic E-state index is 0.0596. The molecule has 0 aromatic heterocycles. The SMILES string of the molecule is COCc1cccc(NC(=O)C2CC(=O)N(c3ccc(Cl)cc3)C2)c1. The number of nitrogens with zero attached hydrogens (tertiary/aromatic N) is 1. The Morgan fingerprint density at radius 1 is 1.28 bits per heavy atom. The molecule has 25 heavy (non-hydrogen) atoms. The number of hydrogen-bond acceptors (Lipinski definition) is 3. The van der Waals surface area contributed by atoms with Gasteiger partial charge in [0.2, 0.25) is 11.8 Å². The van der Waals surface area contributed by atoms with Crippen molar-refractivity contribution in [1.82, 2.24) is 0 Å². The van der Waals surface area contributed by atoms with E-state index in [1.807, 2.05) is 24.3 Å². The van der Waals surface area contributed by atoms with Gasteiger partial charge in [0.05, 0.1) is 12.5 Å². The van der Waals surface area contributed by atoms with E-state index in [1.54, 1.807) is 36.3 Å². The lowest BCUT2D eigenvalue weighted by Gasteiger charge is -2.17. The van der Waals surface area contributed by atoms with E-state index >= 15 is 0 Å². The van der Waals surface area contributed by atoms with E-state index in [9.17, 15) is 9.59 Å². The van der Waals surface area contributed by atoms with Gasteiger partial charge in [-0.15, -0.1) is 0 Å². The third kappa shape index (κ3) is 4.18. The first kappa shape index (κ1) is 17.5. The molecule has 2 aromatic rings. The number of amides is 2. The fourth-order valence-electron chi connectivity index (χ4n) is 2.90. The lowest BCUT2D eigenvalue weighted by atomic mass is 10.1. The molecule has 1 atom stereocenters. The molecule has 1 aliphatic rings. The molecule has 0 aliphatic carbocycles. The van der Waals surface area contributed by atoms with E-state index in [0.717, 1.165) is 11.3 Å². The van der Waals surface area contributed by atoms with Crippen LogP contribution in [0.3, 0.4) is 0 Å². The predicted octanol–water partition coefficient (Wildman–Crippen LogP) is 3.48. The molecule has 1 aliphatic heterocycles. The maximum Gasteiger partial charge on any atom is 0.229 e. The Kier molecular flexibility index (Phi) is 5.36. The summed E-state index contributed by atoms with van der Waals surface area (Å²) in [6.07, 6.45) is 0.201. The molecule has 2 amide bonds. The van der Waals surface area contributed by atoms with Crippen LogP contribution in [-0.4, -0.2) is 25.5 Å². The van der Waals surface area contributed by atoms with Crippen LogP contribution in [0.15, 0.2) is 48.5 Å². The summed E-state index contributed by atoms with van der Waals surface area (Å²) in [5.74, 6) is -0.593. The highest BCUT2D eigenvalue weighted by Gasteiger charge is 2.35. The molecular weight excluding hydrogens is 340 g/mol. The molecule has 0 bridgehead atoms. The van der Waals surface area contributed by atoms with Crippen molar-refractivity contribution in [2.24, 2.45) is 5.92 Å². The molecule has 1 unspecified atom stereocenters. The highest BCUT2D eigenvalue weighted by atomic mass is 35.5. The molecule has 5 nitrogen and oxygen atoms in total. The number of benzene rings is 2. The Morgan fingerprint density at radius 2 is 2.04 bits per heavy atom. The Hall–Kier alpha value is -2.37. The van der Waals surface area contributed by atoms with Crippen molar-refractivity contribution in [1.29, 1.82) is 0 Å². The zero-order valence-electron chi connectivity index (χ0n) is 13.9. The minimum Gasteiger partial charge on any atom is -0.380 e. The lowest BCUT2D eigenvalue weighted by molar-refractivity contribution is -0.122. The maximum atomic E-state index is 12.5. The molecule has 1 fully saturated rings. The van der Waals surface area contributed by atoms with Gasteiger partial charge < -0.3 is 15.0 Å². The van der Waals surface area contributed by atoms with Crippen LogP contribution in [0.2, 0.25) is 5.02 Å². The van der Waals surface area contributed by atoms with E-state index in [-0.39, 0.29) is 24.2 Å². The summed E-state index contributed by atoms with van der Waals surface area (Å²) in [5.41, 5.74) is 2.44. The molecular formula is C19H19ClN2O3. The molecule has 6 heteroatoms. The molecule has 130 valence electrons. The van der Waals surface area contributed by atoms with Gasteiger partial charge >= 0.3 is 0 Å². The molecule has 0 saturated carbocycles. The van der Waals surface area contributed by atoms with Crippen molar-refractivity contribution >= 4 is 34.8 Å². The average molecular weight is 359 g/mol. The van der Waals surface area contributed by atoms with Gasteiger partial charge in [0, 0.05) is 36.5 Å². The summed E-state index contributed by atoms with van der Waals surface area (Å²) < 4.78 is 5.10. The number of carbonyl (C=O) groups is 2. The third-order valence-electron chi connectivity index (χ3n) is 4.14. The van der Waals surface area contributed by atoms with Gasteiger partial charge in [0.25, 0.3) is 0 Å². The molecule has 2 aromatic carbocycles. The first-order chi connectivity index (χ1) is 12.1. The number of ether oxygens (including phenoxy) is 1. The minimum atomic E-state index is -0.380. The fraction of sp³-hybridized carbons (Fsp3) is 0.263. The number of carbonyl (C=O) groups excluding carboxylic acids is 2. The molecule has 1 N–H and O–H groups in total. The Labute approximate surface area is 151 Å². The quantitative estimate of drug-likeness (QED) is 0.890. The summed E-state index contributed by atoms with van der Waals surface area (Å²) in [6, 6.07) is 14.5. The van der Waals surface area contributed by atoms with Crippen LogP contribution in [0, 0.1) is 5.92 Å². The number of methoxy groups -OCH3 is 1. The molecule has 1 heterocycles. The lowest BCUT2D eigenvalue weighted by Crippen LogP contribution is -2.28. The average Bonchev–Trinajstić information content (AvgIpc) is 2.98. The number of nitrogens with one attached hydrogen (secondary N) is 1. The van der Waals surface area contributed by atoms with Crippen molar-refractivity contribution < 1.29 is 14.3 Å².